The fourth-order valence-electron chi connectivity index (χ4n) is 0.885. The third kappa shape index (κ3) is 2.30. The lowest BCUT2D eigenvalue weighted by atomic mass is 10.3. The minimum absolute atomic E-state index is 0.0294. The molecule has 0 bridgehead atoms. The Morgan fingerprint density at radius 1 is 1.29 bits per heavy atom. The number of rotatable bonds is 2. The fraction of sp³-hybridized carbons (Fsp3) is 0.143. The van der Waals surface area contributed by atoms with Crippen LogP contribution in [0.2, 0.25) is 10.0 Å². The zero-order chi connectivity index (χ0) is 10.9. The summed E-state index contributed by atoms with van der Waals surface area (Å²) in [6, 6.07) is 2.45. The van der Waals surface area contributed by atoms with Crippen LogP contribution in [0.3, 0.4) is 0 Å². The summed E-state index contributed by atoms with van der Waals surface area (Å²) in [7, 11) is -2.49. The molecule has 1 aromatic rings. The number of sulfonamides is 1. The standard InChI is InChI=1S/C7H7Cl2NO3S/c1-13-6-3-7(14(10,11)12)5(9)2-4(6)8/h2-3H,1H3,(H2,10,11,12). The molecule has 78 valence electrons. The Labute approximate surface area is 91.6 Å². The largest absolute Gasteiger partial charge is 0.495 e. The van der Waals surface area contributed by atoms with Crippen LogP contribution in [-0.4, -0.2) is 15.5 Å². The lowest BCUT2D eigenvalue weighted by Gasteiger charge is -2.06. The lowest BCUT2D eigenvalue weighted by Crippen LogP contribution is -2.12. The molecular formula is C7H7Cl2NO3S. The molecule has 0 heterocycles. The van der Waals surface area contributed by atoms with E-state index in [2.05, 4.69) is 0 Å². The molecule has 0 aliphatic rings. The quantitative estimate of drug-likeness (QED) is 0.874. The number of halogens is 2. The van der Waals surface area contributed by atoms with Gasteiger partial charge in [-0.25, -0.2) is 13.6 Å². The molecule has 1 aromatic carbocycles. The second kappa shape index (κ2) is 3.94. The predicted octanol–water partition coefficient (Wildman–Crippen LogP) is 1.65. The zero-order valence-electron chi connectivity index (χ0n) is 7.12. The third-order valence-corrected chi connectivity index (χ3v) is 3.18. The van der Waals surface area contributed by atoms with Crippen molar-refractivity contribution < 1.29 is 13.2 Å². The molecule has 0 fully saturated rings. The Bertz CT molecular complexity index is 458. The first-order valence-corrected chi connectivity index (χ1v) is 5.72. The van der Waals surface area contributed by atoms with Crippen molar-refractivity contribution in [3.05, 3.63) is 22.2 Å². The van der Waals surface area contributed by atoms with Crippen LogP contribution in [0.1, 0.15) is 0 Å². The van der Waals surface area contributed by atoms with E-state index in [0.717, 1.165) is 0 Å². The normalized spacial score (nSPS) is 11.4. The number of ether oxygens (including phenoxy) is 1. The zero-order valence-corrected chi connectivity index (χ0v) is 9.45. The van der Waals surface area contributed by atoms with E-state index in [9.17, 15) is 8.42 Å². The summed E-state index contributed by atoms with van der Waals surface area (Å²) in [5.41, 5.74) is 0. The summed E-state index contributed by atoms with van der Waals surface area (Å²) in [5, 5.41) is 5.12. The van der Waals surface area contributed by atoms with Crippen LogP contribution in [0.25, 0.3) is 0 Å². The fourth-order valence-corrected chi connectivity index (χ4v) is 2.27. The summed E-state index contributed by atoms with van der Waals surface area (Å²) in [5.74, 6) is 0.208. The Kier molecular flexibility index (Phi) is 3.26. The SMILES string of the molecule is COc1cc(S(N)(=O)=O)c(Cl)cc1Cl. The van der Waals surface area contributed by atoms with E-state index in [0.29, 0.717) is 0 Å². The van der Waals surface area contributed by atoms with E-state index in [1.807, 2.05) is 0 Å². The highest BCUT2D eigenvalue weighted by Gasteiger charge is 2.16. The Morgan fingerprint density at radius 3 is 2.29 bits per heavy atom. The maximum atomic E-state index is 11.0. The van der Waals surface area contributed by atoms with Crippen LogP contribution in [0.5, 0.6) is 5.75 Å². The van der Waals surface area contributed by atoms with Crippen molar-refractivity contribution in [1.29, 1.82) is 0 Å². The maximum absolute atomic E-state index is 11.0. The smallest absolute Gasteiger partial charge is 0.239 e. The first kappa shape index (κ1) is 11.6. The van der Waals surface area contributed by atoms with Gasteiger partial charge in [-0.3, -0.25) is 0 Å². The molecule has 0 aliphatic carbocycles. The molecule has 4 nitrogen and oxygen atoms in total. The number of hydrogen-bond acceptors (Lipinski definition) is 3. The third-order valence-electron chi connectivity index (χ3n) is 1.51. The summed E-state index contributed by atoms with van der Waals surface area (Å²) < 4.78 is 26.9. The van der Waals surface area contributed by atoms with Gasteiger partial charge in [0.05, 0.1) is 17.2 Å². The lowest BCUT2D eigenvalue weighted by molar-refractivity contribution is 0.413. The van der Waals surface area contributed by atoms with Gasteiger partial charge in [-0.05, 0) is 6.07 Å². The summed E-state index contributed by atoms with van der Waals surface area (Å²) in [6.45, 7) is 0. The summed E-state index contributed by atoms with van der Waals surface area (Å²) in [4.78, 5) is -0.208. The Hall–Kier alpha value is -0.490. The minimum Gasteiger partial charge on any atom is -0.495 e. The highest BCUT2D eigenvalue weighted by molar-refractivity contribution is 7.89. The van der Waals surface area contributed by atoms with Gasteiger partial charge in [-0.1, -0.05) is 23.2 Å². The summed E-state index contributed by atoms with van der Waals surface area (Å²) in [6.07, 6.45) is 0. The van der Waals surface area contributed by atoms with Crippen LogP contribution in [0, 0.1) is 0 Å². The number of primary sulfonamides is 1. The van der Waals surface area contributed by atoms with Gasteiger partial charge >= 0.3 is 0 Å². The van der Waals surface area contributed by atoms with Crippen molar-refractivity contribution in [2.24, 2.45) is 5.14 Å². The topological polar surface area (TPSA) is 69.4 Å². The first-order valence-electron chi connectivity index (χ1n) is 3.42. The highest BCUT2D eigenvalue weighted by atomic mass is 35.5. The molecule has 2 N–H and O–H groups in total. The van der Waals surface area contributed by atoms with E-state index < -0.39 is 10.0 Å². The maximum Gasteiger partial charge on any atom is 0.239 e. The first-order chi connectivity index (χ1) is 6.36. The van der Waals surface area contributed by atoms with E-state index in [1.54, 1.807) is 0 Å². The van der Waals surface area contributed by atoms with Crippen molar-refractivity contribution in [3.8, 4) is 5.75 Å². The second-order valence-corrected chi connectivity index (χ2v) is 4.81. The van der Waals surface area contributed by atoms with Gasteiger partial charge in [-0.15, -0.1) is 0 Å². The van der Waals surface area contributed by atoms with Crippen molar-refractivity contribution in [3.63, 3.8) is 0 Å². The molecule has 0 spiro atoms. The van der Waals surface area contributed by atoms with Crippen LogP contribution in [-0.2, 0) is 10.0 Å². The van der Waals surface area contributed by atoms with Crippen molar-refractivity contribution in [1.82, 2.24) is 0 Å². The number of nitrogens with two attached hydrogens (primary N) is 1. The average molecular weight is 256 g/mol. The minimum atomic E-state index is -3.85. The molecular weight excluding hydrogens is 249 g/mol. The van der Waals surface area contributed by atoms with Gasteiger partial charge in [0.2, 0.25) is 10.0 Å². The molecule has 0 saturated carbocycles. The monoisotopic (exact) mass is 255 g/mol. The molecule has 0 radical (unpaired) electrons. The summed E-state index contributed by atoms with van der Waals surface area (Å²) >= 11 is 11.4. The average Bonchev–Trinajstić information content (AvgIpc) is 2.02. The van der Waals surface area contributed by atoms with Gasteiger partial charge in [-0.2, -0.15) is 0 Å². The number of methoxy groups -OCH3 is 1. The van der Waals surface area contributed by atoms with E-state index >= 15 is 0 Å². The molecule has 0 atom stereocenters. The van der Waals surface area contributed by atoms with Crippen LogP contribution in [0.15, 0.2) is 17.0 Å². The van der Waals surface area contributed by atoms with Crippen molar-refractivity contribution in [2.45, 2.75) is 4.90 Å². The van der Waals surface area contributed by atoms with Gasteiger partial charge in [0.25, 0.3) is 0 Å². The van der Waals surface area contributed by atoms with Crippen molar-refractivity contribution in [2.75, 3.05) is 7.11 Å². The molecule has 1 rings (SSSR count). The highest BCUT2D eigenvalue weighted by Crippen LogP contribution is 2.32. The molecule has 0 aliphatic heterocycles. The molecule has 0 unspecified atom stereocenters. The number of benzene rings is 1. The Morgan fingerprint density at radius 2 is 1.86 bits per heavy atom. The molecule has 0 amide bonds. The second-order valence-electron chi connectivity index (χ2n) is 2.46. The van der Waals surface area contributed by atoms with Gasteiger partial charge in [0.1, 0.15) is 10.6 Å². The Balaban J connectivity index is 3.47. The molecule has 14 heavy (non-hydrogen) atoms. The van der Waals surface area contributed by atoms with Gasteiger partial charge in [0, 0.05) is 6.07 Å². The van der Waals surface area contributed by atoms with Crippen molar-refractivity contribution >= 4 is 33.2 Å². The van der Waals surface area contributed by atoms with Crippen LogP contribution < -0.4 is 9.88 Å². The van der Waals surface area contributed by atoms with Gasteiger partial charge in [0.15, 0.2) is 0 Å². The van der Waals surface area contributed by atoms with Crippen LogP contribution in [0.4, 0.5) is 0 Å². The van der Waals surface area contributed by atoms with Gasteiger partial charge < -0.3 is 4.74 Å². The predicted molar refractivity (Wildman–Crippen MR) is 54.4 cm³/mol. The molecule has 7 heteroatoms. The molecule has 0 aromatic heterocycles. The van der Waals surface area contributed by atoms with Crippen LogP contribution >= 0.6 is 23.2 Å². The molecule has 0 saturated heterocycles. The number of hydrogen-bond donors (Lipinski definition) is 1. The van der Waals surface area contributed by atoms with E-state index in [4.69, 9.17) is 33.1 Å². The van der Waals surface area contributed by atoms with E-state index in [1.165, 1.54) is 19.2 Å². The van der Waals surface area contributed by atoms with E-state index in [-0.39, 0.29) is 20.7 Å².